The van der Waals surface area contributed by atoms with Crippen LogP contribution in [0.3, 0.4) is 0 Å². The van der Waals surface area contributed by atoms with E-state index in [1.807, 2.05) is 12.1 Å². The maximum Gasteiger partial charge on any atom is 0.337 e. The van der Waals surface area contributed by atoms with Crippen LogP contribution in [0.15, 0.2) is 42.6 Å². The first-order chi connectivity index (χ1) is 8.20. The van der Waals surface area contributed by atoms with Crippen molar-refractivity contribution in [1.82, 2.24) is 4.98 Å². The van der Waals surface area contributed by atoms with Gasteiger partial charge in [0.25, 0.3) is 0 Å². The Bertz CT molecular complexity index is 537. The maximum atomic E-state index is 11.4. The lowest BCUT2D eigenvalue weighted by Gasteiger charge is -2.03. The summed E-state index contributed by atoms with van der Waals surface area (Å²) >= 11 is 5.81. The van der Waals surface area contributed by atoms with Gasteiger partial charge in [-0.05, 0) is 24.3 Å². The highest BCUT2D eigenvalue weighted by molar-refractivity contribution is 6.30. The minimum atomic E-state index is -0.373. The van der Waals surface area contributed by atoms with E-state index in [0.717, 1.165) is 5.56 Å². The van der Waals surface area contributed by atoms with E-state index in [1.54, 1.807) is 30.5 Å². The largest absolute Gasteiger partial charge is 0.465 e. The molecular formula is C13H10ClNO2. The Hall–Kier alpha value is -1.87. The van der Waals surface area contributed by atoms with E-state index in [1.165, 1.54) is 7.11 Å². The second-order valence-corrected chi connectivity index (χ2v) is 3.86. The molecule has 1 aromatic carbocycles. The Balaban J connectivity index is 2.39. The predicted octanol–water partition coefficient (Wildman–Crippen LogP) is 3.19. The number of hydrogen-bond donors (Lipinski definition) is 0. The number of pyridine rings is 1. The van der Waals surface area contributed by atoms with Crippen molar-refractivity contribution in [2.75, 3.05) is 7.11 Å². The summed E-state index contributed by atoms with van der Waals surface area (Å²) < 4.78 is 4.66. The molecule has 0 aliphatic rings. The highest BCUT2D eigenvalue weighted by atomic mass is 35.5. The van der Waals surface area contributed by atoms with E-state index in [2.05, 4.69) is 9.72 Å². The van der Waals surface area contributed by atoms with Gasteiger partial charge in [0.2, 0.25) is 0 Å². The number of hydrogen-bond acceptors (Lipinski definition) is 3. The first kappa shape index (κ1) is 11.6. The van der Waals surface area contributed by atoms with Gasteiger partial charge in [-0.3, -0.25) is 4.98 Å². The highest BCUT2D eigenvalue weighted by Gasteiger charge is 2.07. The van der Waals surface area contributed by atoms with E-state index in [0.29, 0.717) is 16.3 Å². The quantitative estimate of drug-likeness (QED) is 0.765. The zero-order valence-electron chi connectivity index (χ0n) is 9.18. The molecule has 0 aliphatic carbocycles. The lowest BCUT2D eigenvalue weighted by atomic mass is 10.1. The number of carbonyl (C=O) groups is 1. The fraction of sp³-hybridized carbons (Fsp3) is 0.0769. The van der Waals surface area contributed by atoms with Gasteiger partial charge in [0.05, 0.1) is 18.4 Å². The fourth-order valence-corrected chi connectivity index (χ4v) is 1.58. The molecule has 0 bridgehead atoms. The number of methoxy groups -OCH3 is 1. The second-order valence-electron chi connectivity index (χ2n) is 3.43. The third kappa shape index (κ3) is 2.63. The SMILES string of the molecule is COC(=O)c1ccnc(-c2ccc(Cl)cc2)c1. The third-order valence-corrected chi connectivity index (χ3v) is 2.57. The molecule has 0 atom stereocenters. The van der Waals surface area contributed by atoms with Gasteiger partial charge < -0.3 is 4.74 Å². The van der Waals surface area contributed by atoms with E-state index < -0.39 is 0 Å². The van der Waals surface area contributed by atoms with Gasteiger partial charge in [0.1, 0.15) is 0 Å². The van der Waals surface area contributed by atoms with Crippen LogP contribution in [0.25, 0.3) is 11.3 Å². The molecule has 17 heavy (non-hydrogen) atoms. The van der Waals surface area contributed by atoms with Crippen LogP contribution in [0.5, 0.6) is 0 Å². The van der Waals surface area contributed by atoms with Crippen LogP contribution in [-0.4, -0.2) is 18.1 Å². The van der Waals surface area contributed by atoms with E-state index in [-0.39, 0.29) is 5.97 Å². The van der Waals surface area contributed by atoms with Crippen LogP contribution < -0.4 is 0 Å². The van der Waals surface area contributed by atoms with Crippen LogP contribution in [0, 0.1) is 0 Å². The number of halogens is 1. The number of esters is 1. The summed E-state index contributed by atoms with van der Waals surface area (Å²) in [6.07, 6.45) is 1.58. The van der Waals surface area contributed by atoms with Crippen molar-refractivity contribution in [3.8, 4) is 11.3 Å². The van der Waals surface area contributed by atoms with Gasteiger partial charge in [-0.1, -0.05) is 23.7 Å². The van der Waals surface area contributed by atoms with Gasteiger partial charge in [0.15, 0.2) is 0 Å². The standard InChI is InChI=1S/C13H10ClNO2/c1-17-13(16)10-6-7-15-12(8-10)9-2-4-11(14)5-3-9/h2-8H,1H3. The zero-order valence-corrected chi connectivity index (χ0v) is 9.94. The monoisotopic (exact) mass is 247 g/mol. The molecule has 0 N–H and O–H groups in total. The van der Waals surface area contributed by atoms with Crippen molar-refractivity contribution in [2.45, 2.75) is 0 Å². The number of rotatable bonds is 2. The van der Waals surface area contributed by atoms with E-state index in [9.17, 15) is 4.79 Å². The van der Waals surface area contributed by atoms with Crippen molar-refractivity contribution < 1.29 is 9.53 Å². The molecule has 0 unspecified atom stereocenters. The molecule has 0 aliphatic heterocycles. The summed E-state index contributed by atoms with van der Waals surface area (Å²) in [5.41, 5.74) is 2.09. The minimum absolute atomic E-state index is 0.373. The summed E-state index contributed by atoms with van der Waals surface area (Å²) in [6.45, 7) is 0. The highest BCUT2D eigenvalue weighted by Crippen LogP contribution is 2.20. The third-order valence-electron chi connectivity index (χ3n) is 2.32. The summed E-state index contributed by atoms with van der Waals surface area (Å²) in [4.78, 5) is 15.6. The van der Waals surface area contributed by atoms with Gasteiger partial charge in [-0.25, -0.2) is 4.79 Å². The molecule has 0 amide bonds. The van der Waals surface area contributed by atoms with E-state index in [4.69, 9.17) is 11.6 Å². The molecular weight excluding hydrogens is 238 g/mol. The second kappa shape index (κ2) is 4.97. The van der Waals surface area contributed by atoms with Crippen LogP contribution in [0.2, 0.25) is 5.02 Å². The Kier molecular flexibility index (Phi) is 3.40. The smallest absolute Gasteiger partial charge is 0.337 e. The Labute approximate surface area is 104 Å². The molecule has 2 aromatic rings. The molecule has 2 rings (SSSR count). The molecule has 0 radical (unpaired) electrons. The van der Waals surface area contributed by atoms with Gasteiger partial charge in [-0.2, -0.15) is 0 Å². The topological polar surface area (TPSA) is 39.2 Å². The Morgan fingerprint density at radius 1 is 1.24 bits per heavy atom. The summed E-state index contributed by atoms with van der Waals surface area (Å²) in [7, 11) is 1.35. The van der Waals surface area contributed by atoms with Gasteiger partial charge in [0, 0.05) is 16.8 Å². The van der Waals surface area contributed by atoms with Crippen molar-refractivity contribution in [3.05, 3.63) is 53.2 Å². The molecule has 0 saturated heterocycles. The molecule has 0 fully saturated rings. The molecule has 0 spiro atoms. The molecule has 4 heteroatoms. The van der Waals surface area contributed by atoms with Gasteiger partial charge in [-0.15, -0.1) is 0 Å². The lowest BCUT2D eigenvalue weighted by Crippen LogP contribution is -2.01. The number of benzene rings is 1. The number of ether oxygens (including phenoxy) is 1. The van der Waals surface area contributed by atoms with Crippen LogP contribution >= 0.6 is 11.6 Å². The lowest BCUT2D eigenvalue weighted by molar-refractivity contribution is 0.0600. The van der Waals surface area contributed by atoms with Crippen molar-refractivity contribution in [2.24, 2.45) is 0 Å². The number of nitrogens with zero attached hydrogens (tertiary/aromatic N) is 1. The molecule has 86 valence electrons. The fourth-order valence-electron chi connectivity index (χ4n) is 1.45. The first-order valence-electron chi connectivity index (χ1n) is 5.01. The van der Waals surface area contributed by atoms with Crippen molar-refractivity contribution >= 4 is 17.6 Å². The number of carbonyl (C=O) groups excluding carboxylic acids is 1. The zero-order chi connectivity index (χ0) is 12.3. The van der Waals surface area contributed by atoms with Gasteiger partial charge >= 0.3 is 5.97 Å². The predicted molar refractivity (Wildman–Crippen MR) is 66.0 cm³/mol. The van der Waals surface area contributed by atoms with Crippen LogP contribution in [-0.2, 0) is 4.74 Å². The maximum absolute atomic E-state index is 11.4. The van der Waals surface area contributed by atoms with Crippen molar-refractivity contribution in [1.29, 1.82) is 0 Å². The minimum Gasteiger partial charge on any atom is -0.465 e. The van der Waals surface area contributed by atoms with Crippen LogP contribution in [0.1, 0.15) is 10.4 Å². The molecule has 3 nitrogen and oxygen atoms in total. The Morgan fingerprint density at radius 2 is 1.94 bits per heavy atom. The van der Waals surface area contributed by atoms with Crippen LogP contribution in [0.4, 0.5) is 0 Å². The summed E-state index contributed by atoms with van der Waals surface area (Å²) in [5.74, 6) is -0.373. The normalized spacial score (nSPS) is 10.0. The number of aromatic nitrogens is 1. The van der Waals surface area contributed by atoms with E-state index >= 15 is 0 Å². The average molecular weight is 248 g/mol. The first-order valence-corrected chi connectivity index (χ1v) is 5.39. The Morgan fingerprint density at radius 3 is 2.59 bits per heavy atom. The molecule has 0 saturated carbocycles. The molecule has 1 heterocycles. The average Bonchev–Trinajstić information content (AvgIpc) is 2.39. The summed E-state index contributed by atoms with van der Waals surface area (Å²) in [6, 6.07) is 10.6. The summed E-state index contributed by atoms with van der Waals surface area (Å²) in [5, 5.41) is 0.665. The molecule has 1 aromatic heterocycles. The van der Waals surface area contributed by atoms with Crippen molar-refractivity contribution in [3.63, 3.8) is 0 Å².